The van der Waals surface area contributed by atoms with Crippen molar-refractivity contribution >= 4 is 5.97 Å². The van der Waals surface area contributed by atoms with E-state index in [9.17, 15) is 9.18 Å². The molecule has 1 unspecified atom stereocenters. The lowest BCUT2D eigenvalue weighted by Gasteiger charge is -2.11. The van der Waals surface area contributed by atoms with Crippen LogP contribution in [0.25, 0.3) is 0 Å². The van der Waals surface area contributed by atoms with E-state index in [4.69, 9.17) is 14.2 Å². The van der Waals surface area contributed by atoms with E-state index in [-0.39, 0.29) is 6.61 Å². The molecule has 2 aromatic rings. The summed E-state index contributed by atoms with van der Waals surface area (Å²) in [4.78, 5) is 12.5. The second-order valence-electron chi connectivity index (χ2n) is 10.9. The van der Waals surface area contributed by atoms with Gasteiger partial charge in [0.25, 0.3) is 0 Å². The smallest absolute Gasteiger partial charge is 0.343 e. The van der Waals surface area contributed by atoms with Gasteiger partial charge in [0.2, 0.25) is 0 Å². The van der Waals surface area contributed by atoms with Crippen LogP contribution in [0.15, 0.2) is 48.5 Å². The number of carbonyl (C=O) groups is 1. The van der Waals surface area contributed by atoms with Gasteiger partial charge in [0, 0.05) is 0 Å². The number of halogens is 1. The van der Waals surface area contributed by atoms with Gasteiger partial charge in [-0.1, -0.05) is 110 Å². The minimum Gasteiger partial charge on any atom is -0.494 e. The van der Waals surface area contributed by atoms with Crippen LogP contribution in [0.3, 0.4) is 0 Å². The molecule has 5 heteroatoms. The highest BCUT2D eigenvalue weighted by atomic mass is 19.1. The molecule has 0 amide bonds. The molecule has 0 spiro atoms. The third kappa shape index (κ3) is 15.9. The number of unbranched alkanes of at least 4 members (excludes halogenated alkanes) is 14. The van der Waals surface area contributed by atoms with Crippen molar-refractivity contribution in [1.82, 2.24) is 0 Å². The Morgan fingerprint density at radius 3 is 1.62 bits per heavy atom. The average molecular weight is 557 g/mol. The highest BCUT2D eigenvalue weighted by Gasteiger charge is 2.11. The predicted molar refractivity (Wildman–Crippen MR) is 164 cm³/mol. The quantitative estimate of drug-likeness (QED) is 0.0733. The van der Waals surface area contributed by atoms with Gasteiger partial charge >= 0.3 is 5.97 Å². The van der Waals surface area contributed by atoms with Crippen molar-refractivity contribution in [2.75, 3.05) is 13.2 Å². The van der Waals surface area contributed by atoms with Crippen LogP contribution in [-0.4, -0.2) is 25.4 Å². The molecule has 224 valence electrons. The maximum absolute atomic E-state index is 14.3. The molecule has 0 aliphatic carbocycles. The van der Waals surface area contributed by atoms with Crippen molar-refractivity contribution in [2.24, 2.45) is 0 Å². The summed E-state index contributed by atoms with van der Waals surface area (Å²) >= 11 is 0. The van der Waals surface area contributed by atoms with Crippen LogP contribution in [0, 0.1) is 0 Å². The first-order chi connectivity index (χ1) is 19.6. The summed E-state index contributed by atoms with van der Waals surface area (Å²) in [6, 6.07) is 13.7. The summed E-state index contributed by atoms with van der Waals surface area (Å²) in [5.74, 6) is 1.33. The first kappa shape index (κ1) is 33.6. The normalized spacial score (nSPS) is 11.8. The predicted octanol–water partition coefficient (Wildman–Crippen LogP) is 10.7. The SMILES string of the molecule is CCCCCCCCCCCCCCC(F)COc1ccc(C(=O)Oc2ccc(OCCCCCC)cc2)cc1. The molecular formula is C35H53FO4. The standard InChI is InChI=1S/C35H53FO4/c1-3-5-7-9-10-11-12-13-14-15-16-17-19-31(36)29-39-33-22-20-30(21-23-33)35(37)40-34-26-24-32(25-27-34)38-28-18-8-6-4-2/h20-27,31H,3-19,28-29H2,1-2H3. The fourth-order valence-electron chi connectivity index (χ4n) is 4.65. The molecule has 0 bridgehead atoms. The minimum atomic E-state index is -0.976. The van der Waals surface area contributed by atoms with Crippen molar-refractivity contribution in [3.8, 4) is 17.2 Å². The van der Waals surface area contributed by atoms with E-state index in [0.717, 1.165) is 25.0 Å². The van der Waals surface area contributed by atoms with Crippen LogP contribution in [0.5, 0.6) is 17.2 Å². The average Bonchev–Trinajstić information content (AvgIpc) is 2.97. The van der Waals surface area contributed by atoms with Gasteiger partial charge in [-0.2, -0.15) is 0 Å². The number of hydrogen-bond acceptors (Lipinski definition) is 4. The fraction of sp³-hybridized carbons (Fsp3) is 0.629. The van der Waals surface area contributed by atoms with Crippen LogP contribution in [0.4, 0.5) is 4.39 Å². The zero-order valence-corrected chi connectivity index (χ0v) is 25.1. The van der Waals surface area contributed by atoms with Gasteiger partial charge in [-0.05, 0) is 61.4 Å². The molecule has 0 heterocycles. The summed E-state index contributed by atoms with van der Waals surface area (Å²) in [5.41, 5.74) is 0.414. The first-order valence-corrected chi connectivity index (χ1v) is 15.9. The maximum atomic E-state index is 14.3. The lowest BCUT2D eigenvalue weighted by atomic mass is 10.0. The number of carbonyl (C=O) groups excluding carboxylic acids is 1. The Bertz CT molecular complexity index is 881. The Morgan fingerprint density at radius 1 is 0.600 bits per heavy atom. The molecule has 0 saturated heterocycles. The molecule has 0 fully saturated rings. The maximum Gasteiger partial charge on any atom is 0.343 e. The zero-order chi connectivity index (χ0) is 28.7. The molecule has 4 nitrogen and oxygen atoms in total. The number of hydrogen-bond donors (Lipinski definition) is 0. The van der Waals surface area contributed by atoms with Crippen LogP contribution in [-0.2, 0) is 0 Å². The van der Waals surface area contributed by atoms with Gasteiger partial charge in [-0.25, -0.2) is 9.18 Å². The number of benzene rings is 2. The van der Waals surface area contributed by atoms with Crippen LogP contribution in [0.1, 0.15) is 133 Å². The minimum absolute atomic E-state index is 0.0366. The molecule has 2 rings (SSSR count). The first-order valence-electron chi connectivity index (χ1n) is 15.9. The van der Waals surface area contributed by atoms with Gasteiger partial charge in [0.05, 0.1) is 12.2 Å². The second kappa shape index (κ2) is 22.2. The highest BCUT2D eigenvalue weighted by molar-refractivity contribution is 5.91. The van der Waals surface area contributed by atoms with Gasteiger partial charge in [0.15, 0.2) is 0 Å². The van der Waals surface area contributed by atoms with E-state index in [1.165, 1.54) is 83.5 Å². The van der Waals surface area contributed by atoms with E-state index in [0.29, 0.717) is 30.1 Å². The lowest BCUT2D eigenvalue weighted by molar-refractivity contribution is 0.0734. The molecule has 1 atom stereocenters. The fourth-order valence-corrected chi connectivity index (χ4v) is 4.65. The van der Waals surface area contributed by atoms with Gasteiger partial charge in [-0.3, -0.25) is 0 Å². The summed E-state index contributed by atoms with van der Waals surface area (Å²) in [7, 11) is 0. The number of esters is 1. The van der Waals surface area contributed by atoms with E-state index in [1.807, 2.05) is 12.1 Å². The van der Waals surface area contributed by atoms with Crippen molar-refractivity contribution < 1.29 is 23.4 Å². The molecule has 0 aliphatic rings. The molecule has 0 aromatic heterocycles. The van der Waals surface area contributed by atoms with E-state index in [1.54, 1.807) is 36.4 Å². The zero-order valence-electron chi connectivity index (χ0n) is 25.1. The third-order valence-electron chi connectivity index (χ3n) is 7.19. The largest absolute Gasteiger partial charge is 0.494 e. The highest BCUT2D eigenvalue weighted by Crippen LogP contribution is 2.21. The summed E-state index contributed by atoms with van der Waals surface area (Å²) < 4.78 is 31.1. The number of alkyl halides is 1. The van der Waals surface area contributed by atoms with E-state index in [2.05, 4.69) is 13.8 Å². The van der Waals surface area contributed by atoms with Crippen LogP contribution in [0.2, 0.25) is 0 Å². The Hall–Kier alpha value is -2.56. The van der Waals surface area contributed by atoms with E-state index >= 15 is 0 Å². The van der Waals surface area contributed by atoms with E-state index < -0.39 is 12.1 Å². The Morgan fingerprint density at radius 2 is 1.05 bits per heavy atom. The van der Waals surface area contributed by atoms with Gasteiger partial charge in [0.1, 0.15) is 30.0 Å². The molecule has 2 aromatic carbocycles. The molecular weight excluding hydrogens is 503 g/mol. The second-order valence-corrected chi connectivity index (χ2v) is 10.9. The van der Waals surface area contributed by atoms with Crippen LogP contribution >= 0.6 is 0 Å². The van der Waals surface area contributed by atoms with Crippen molar-refractivity contribution in [1.29, 1.82) is 0 Å². The lowest BCUT2D eigenvalue weighted by Crippen LogP contribution is -2.13. The van der Waals surface area contributed by atoms with Gasteiger partial charge in [-0.15, -0.1) is 0 Å². The molecule has 0 aliphatic heterocycles. The molecule has 0 N–H and O–H groups in total. The Balaban J connectivity index is 1.54. The summed E-state index contributed by atoms with van der Waals surface area (Å²) in [5, 5.41) is 0. The molecule has 0 radical (unpaired) electrons. The Labute approximate surface area is 243 Å². The number of ether oxygens (including phenoxy) is 3. The van der Waals surface area contributed by atoms with Crippen molar-refractivity contribution in [3.05, 3.63) is 54.1 Å². The van der Waals surface area contributed by atoms with Crippen LogP contribution < -0.4 is 14.2 Å². The topological polar surface area (TPSA) is 44.8 Å². The van der Waals surface area contributed by atoms with Crippen molar-refractivity contribution in [2.45, 2.75) is 129 Å². The summed E-state index contributed by atoms with van der Waals surface area (Å²) in [6.07, 6.45) is 19.5. The third-order valence-corrected chi connectivity index (χ3v) is 7.19. The van der Waals surface area contributed by atoms with Crippen molar-refractivity contribution in [3.63, 3.8) is 0 Å². The molecule has 40 heavy (non-hydrogen) atoms. The van der Waals surface area contributed by atoms with Gasteiger partial charge < -0.3 is 14.2 Å². The Kier molecular flexibility index (Phi) is 18.6. The summed E-state index contributed by atoms with van der Waals surface area (Å²) in [6.45, 7) is 5.17. The number of rotatable bonds is 24. The molecule has 0 saturated carbocycles. The monoisotopic (exact) mass is 556 g/mol.